The summed E-state index contributed by atoms with van der Waals surface area (Å²) in [6.45, 7) is 8.41. The summed E-state index contributed by atoms with van der Waals surface area (Å²) in [7, 11) is 0. The van der Waals surface area contributed by atoms with E-state index in [-0.39, 0.29) is 24.2 Å². The summed E-state index contributed by atoms with van der Waals surface area (Å²) in [5.41, 5.74) is 1.23. The maximum absolute atomic E-state index is 11.6. The van der Waals surface area contributed by atoms with Crippen LogP contribution in [0.4, 0.5) is 0 Å². The number of carbonyl (C=O) groups is 2. The highest BCUT2D eigenvalue weighted by Crippen LogP contribution is 2.24. The minimum Gasteiger partial charge on any atom is -0.466 e. The predicted octanol–water partition coefficient (Wildman–Crippen LogP) is 3.23. The van der Waals surface area contributed by atoms with Crippen molar-refractivity contribution in [3.8, 4) is 5.75 Å². The fraction of sp³-hybridized carbons (Fsp3) is 0.500. The molecule has 4 heteroatoms. The normalized spacial score (nSPS) is 11.0. The van der Waals surface area contributed by atoms with E-state index in [2.05, 4.69) is 20.8 Å². The molecule has 0 unspecified atom stereocenters. The average molecular weight is 278 g/mol. The summed E-state index contributed by atoms with van der Waals surface area (Å²) in [5.74, 6) is -0.319. The number of benzene rings is 1. The highest BCUT2D eigenvalue weighted by molar-refractivity contribution is 5.78. The molecule has 0 atom stereocenters. The molecule has 1 aromatic carbocycles. The van der Waals surface area contributed by atoms with Crippen molar-refractivity contribution in [2.45, 2.75) is 46.0 Å². The Bertz CT molecular complexity index is 454. The van der Waals surface area contributed by atoms with Crippen LogP contribution in [0.15, 0.2) is 24.3 Å². The molecule has 0 aromatic heterocycles. The molecule has 0 saturated carbocycles. The van der Waals surface area contributed by atoms with E-state index >= 15 is 0 Å². The molecule has 0 aliphatic carbocycles. The first-order chi connectivity index (χ1) is 9.32. The van der Waals surface area contributed by atoms with Crippen LogP contribution in [0.3, 0.4) is 0 Å². The van der Waals surface area contributed by atoms with E-state index in [1.54, 1.807) is 19.1 Å². The quantitative estimate of drug-likeness (QED) is 0.613. The molecule has 0 fully saturated rings. The summed E-state index contributed by atoms with van der Waals surface area (Å²) in [6, 6.07) is 7.41. The SMILES string of the molecule is CCOC(=O)CCC(=O)Oc1ccc(C(C)(C)C)cc1. The van der Waals surface area contributed by atoms with Crippen molar-refractivity contribution in [1.29, 1.82) is 0 Å². The van der Waals surface area contributed by atoms with Crippen LogP contribution < -0.4 is 4.74 Å². The van der Waals surface area contributed by atoms with Crippen molar-refractivity contribution in [1.82, 2.24) is 0 Å². The van der Waals surface area contributed by atoms with Crippen LogP contribution in [0.5, 0.6) is 5.75 Å². The van der Waals surface area contributed by atoms with Crippen LogP contribution in [0, 0.1) is 0 Å². The van der Waals surface area contributed by atoms with Crippen molar-refractivity contribution >= 4 is 11.9 Å². The van der Waals surface area contributed by atoms with Gasteiger partial charge in [-0.15, -0.1) is 0 Å². The zero-order chi connectivity index (χ0) is 15.2. The Balaban J connectivity index is 2.48. The molecule has 20 heavy (non-hydrogen) atoms. The van der Waals surface area contributed by atoms with Crippen molar-refractivity contribution in [2.24, 2.45) is 0 Å². The van der Waals surface area contributed by atoms with Gasteiger partial charge in [0.1, 0.15) is 5.75 Å². The third-order valence-corrected chi connectivity index (χ3v) is 2.79. The van der Waals surface area contributed by atoms with Crippen LogP contribution in [-0.4, -0.2) is 18.5 Å². The van der Waals surface area contributed by atoms with Gasteiger partial charge in [0.2, 0.25) is 0 Å². The Labute approximate surface area is 120 Å². The molecule has 110 valence electrons. The summed E-state index contributed by atoms with van der Waals surface area (Å²) < 4.78 is 9.91. The molecule has 0 amide bonds. The standard InChI is InChI=1S/C16H22O4/c1-5-19-14(17)10-11-15(18)20-13-8-6-12(7-9-13)16(2,3)4/h6-9H,5,10-11H2,1-4H3. The Morgan fingerprint density at radius 2 is 1.55 bits per heavy atom. The first kappa shape index (κ1) is 16.2. The fourth-order valence-electron chi connectivity index (χ4n) is 1.64. The smallest absolute Gasteiger partial charge is 0.311 e. The minimum atomic E-state index is -0.429. The van der Waals surface area contributed by atoms with E-state index < -0.39 is 5.97 Å². The fourth-order valence-corrected chi connectivity index (χ4v) is 1.64. The van der Waals surface area contributed by atoms with Gasteiger partial charge in [-0.05, 0) is 30.0 Å². The van der Waals surface area contributed by atoms with Crippen molar-refractivity contribution in [3.05, 3.63) is 29.8 Å². The number of esters is 2. The van der Waals surface area contributed by atoms with Gasteiger partial charge < -0.3 is 9.47 Å². The van der Waals surface area contributed by atoms with Gasteiger partial charge in [-0.2, -0.15) is 0 Å². The van der Waals surface area contributed by atoms with Gasteiger partial charge in [0.25, 0.3) is 0 Å². The first-order valence-corrected chi connectivity index (χ1v) is 6.79. The van der Waals surface area contributed by atoms with Crippen molar-refractivity contribution in [3.63, 3.8) is 0 Å². The molecule has 0 radical (unpaired) electrons. The Morgan fingerprint density at radius 3 is 2.05 bits per heavy atom. The topological polar surface area (TPSA) is 52.6 Å². The monoisotopic (exact) mass is 278 g/mol. The molecule has 0 aliphatic heterocycles. The number of hydrogen-bond acceptors (Lipinski definition) is 4. The van der Waals surface area contributed by atoms with Gasteiger partial charge >= 0.3 is 11.9 Å². The molecular formula is C16H22O4. The highest BCUT2D eigenvalue weighted by Gasteiger charge is 2.14. The van der Waals surface area contributed by atoms with E-state index in [0.29, 0.717) is 12.4 Å². The largest absolute Gasteiger partial charge is 0.466 e. The van der Waals surface area contributed by atoms with Crippen LogP contribution >= 0.6 is 0 Å². The van der Waals surface area contributed by atoms with E-state index in [1.165, 1.54) is 5.56 Å². The summed E-state index contributed by atoms with van der Waals surface area (Å²) in [4.78, 5) is 22.7. The Kier molecular flexibility index (Phi) is 5.74. The summed E-state index contributed by atoms with van der Waals surface area (Å²) in [6.07, 6.45) is 0.0760. The van der Waals surface area contributed by atoms with Crippen LogP contribution in [0.25, 0.3) is 0 Å². The second-order valence-corrected chi connectivity index (χ2v) is 5.55. The van der Waals surface area contributed by atoms with E-state index in [4.69, 9.17) is 9.47 Å². The third kappa shape index (κ3) is 5.43. The Morgan fingerprint density at radius 1 is 1.00 bits per heavy atom. The van der Waals surface area contributed by atoms with Gasteiger partial charge in [-0.1, -0.05) is 32.9 Å². The maximum Gasteiger partial charge on any atom is 0.311 e. The lowest BCUT2D eigenvalue weighted by atomic mass is 9.87. The molecule has 0 N–H and O–H groups in total. The number of carbonyl (C=O) groups excluding carboxylic acids is 2. The predicted molar refractivity (Wildman–Crippen MR) is 76.6 cm³/mol. The lowest BCUT2D eigenvalue weighted by molar-refractivity contribution is -0.146. The van der Waals surface area contributed by atoms with E-state index in [0.717, 1.165) is 0 Å². The molecule has 0 bridgehead atoms. The summed E-state index contributed by atoms with van der Waals surface area (Å²) >= 11 is 0. The number of ether oxygens (including phenoxy) is 2. The van der Waals surface area contributed by atoms with Crippen LogP contribution in [0.1, 0.15) is 46.1 Å². The van der Waals surface area contributed by atoms with E-state index in [9.17, 15) is 9.59 Å². The van der Waals surface area contributed by atoms with Crippen LogP contribution in [-0.2, 0) is 19.7 Å². The lowest BCUT2D eigenvalue weighted by Gasteiger charge is -2.18. The van der Waals surface area contributed by atoms with E-state index in [1.807, 2.05) is 12.1 Å². The average Bonchev–Trinajstić information content (AvgIpc) is 2.36. The third-order valence-electron chi connectivity index (χ3n) is 2.79. The Hall–Kier alpha value is -1.84. The number of hydrogen-bond donors (Lipinski definition) is 0. The van der Waals surface area contributed by atoms with Gasteiger partial charge in [-0.25, -0.2) is 0 Å². The van der Waals surface area contributed by atoms with Crippen molar-refractivity contribution in [2.75, 3.05) is 6.61 Å². The molecule has 4 nitrogen and oxygen atoms in total. The summed E-state index contributed by atoms with van der Waals surface area (Å²) in [5, 5.41) is 0. The molecule has 0 aliphatic rings. The molecule has 0 saturated heterocycles. The molecule has 0 heterocycles. The lowest BCUT2D eigenvalue weighted by Crippen LogP contribution is -2.13. The van der Waals surface area contributed by atoms with Gasteiger partial charge in [0.05, 0.1) is 19.4 Å². The van der Waals surface area contributed by atoms with Gasteiger partial charge in [-0.3, -0.25) is 9.59 Å². The molecule has 0 spiro atoms. The maximum atomic E-state index is 11.6. The molecular weight excluding hydrogens is 256 g/mol. The second-order valence-electron chi connectivity index (χ2n) is 5.55. The highest BCUT2D eigenvalue weighted by atomic mass is 16.5. The minimum absolute atomic E-state index is 0.0276. The second kappa shape index (κ2) is 7.08. The molecule has 1 aromatic rings. The van der Waals surface area contributed by atoms with Crippen LogP contribution in [0.2, 0.25) is 0 Å². The molecule has 1 rings (SSSR count). The van der Waals surface area contributed by atoms with Crippen molar-refractivity contribution < 1.29 is 19.1 Å². The first-order valence-electron chi connectivity index (χ1n) is 6.79. The number of rotatable bonds is 5. The zero-order valence-corrected chi connectivity index (χ0v) is 12.6. The van der Waals surface area contributed by atoms with Gasteiger partial charge in [0, 0.05) is 0 Å². The van der Waals surface area contributed by atoms with Gasteiger partial charge in [0.15, 0.2) is 0 Å². The zero-order valence-electron chi connectivity index (χ0n) is 12.6.